The number of likely N-dealkylation sites (tertiary alicyclic amines) is 1. The third kappa shape index (κ3) is 3.20. The van der Waals surface area contributed by atoms with E-state index in [1.54, 1.807) is 0 Å². The van der Waals surface area contributed by atoms with Crippen molar-refractivity contribution in [3.63, 3.8) is 0 Å². The van der Waals surface area contributed by atoms with Crippen molar-refractivity contribution in [1.82, 2.24) is 4.90 Å². The summed E-state index contributed by atoms with van der Waals surface area (Å²) < 4.78 is 23.3. The Hall–Kier alpha value is -0.130. The van der Waals surface area contributed by atoms with Crippen LogP contribution < -0.4 is 5.73 Å². The third-order valence-corrected chi connectivity index (χ3v) is 6.11. The van der Waals surface area contributed by atoms with E-state index in [1.807, 2.05) is 0 Å². The lowest BCUT2D eigenvalue weighted by molar-refractivity contribution is 0.109. The first-order chi connectivity index (χ1) is 8.02. The van der Waals surface area contributed by atoms with Crippen LogP contribution in [0, 0.1) is 5.92 Å². The Labute approximate surface area is 104 Å². The molecule has 2 fully saturated rings. The van der Waals surface area contributed by atoms with E-state index in [1.165, 1.54) is 0 Å². The van der Waals surface area contributed by atoms with Crippen LogP contribution in [-0.4, -0.2) is 50.0 Å². The molecule has 0 bridgehead atoms. The van der Waals surface area contributed by atoms with E-state index in [0.29, 0.717) is 23.5 Å². The van der Waals surface area contributed by atoms with Crippen LogP contribution in [0.4, 0.5) is 0 Å². The van der Waals surface area contributed by atoms with E-state index in [0.717, 1.165) is 38.8 Å². The highest BCUT2D eigenvalue weighted by atomic mass is 32.2. The first-order valence-electron chi connectivity index (χ1n) is 6.72. The minimum atomic E-state index is -2.79. The maximum atomic E-state index is 11.7. The van der Waals surface area contributed by atoms with Gasteiger partial charge in [0.15, 0.2) is 9.84 Å². The molecule has 0 radical (unpaired) electrons. The van der Waals surface area contributed by atoms with Gasteiger partial charge < -0.3 is 5.73 Å². The first kappa shape index (κ1) is 13.3. The van der Waals surface area contributed by atoms with Gasteiger partial charge in [-0.25, -0.2) is 8.42 Å². The molecule has 2 N–H and O–H groups in total. The van der Waals surface area contributed by atoms with Gasteiger partial charge in [0.1, 0.15) is 0 Å². The quantitative estimate of drug-likeness (QED) is 0.791. The summed E-state index contributed by atoms with van der Waals surface area (Å²) >= 11 is 0. The number of hydrogen-bond donors (Lipinski definition) is 1. The average molecular weight is 260 g/mol. The normalized spacial score (nSPS) is 39.1. The Kier molecular flexibility index (Phi) is 4.10. The summed E-state index contributed by atoms with van der Waals surface area (Å²) in [5.41, 5.74) is 6.09. The van der Waals surface area contributed by atoms with Gasteiger partial charge >= 0.3 is 0 Å². The minimum Gasteiger partial charge on any atom is -0.327 e. The van der Waals surface area contributed by atoms with E-state index in [9.17, 15) is 8.42 Å². The van der Waals surface area contributed by atoms with Crippen molar-refractivity contribution in [3.8, 4) is 0 Å². The zero-order chi connectivity index (χ0) is 12.5. The highest BCUT2D eigenvalue weighted by molar-refractivity contribution is 7.91. The molecule has 4 nitrogen and oxygen atoms in total. The Balaban J connectivity index is 1.98. The lowest BCUT2D eigenvalue weighted by Gasteiger charge is -2.42. The zero-order valence-corrected chi connectivity index (χ0v) is 11.5. The SMILES string of the molecule is CCC1CN(C2CCCS(=O)(=O)C2)CCC1N. The summed E-state index contributed by atoms with van der Waals surface area (Å²) in [5.74, 6) is 1.28. The van der Waals surface area contributed by atoms with Crippen molar-refractivity contribution in [2.75, 3.05) is 24.6 Å². The van der Waals surface area contributed by atoms with Crippen molar-refractivity contribution in [3.05, 3.63) is 0 Å². The molecule has 2 aliphatic rings. The van der Waals surface area contributed by atoms with Crippen molar-refractivity contribution in [2.45, 2.75) is 44.7 Å². The van der Waals surface area contributed by atoms with E-state index in [-0.39, 0.29) is 6.04 Å². The third-order valence-electron chi connectivity index (χ3n) is 4.30. The Morgan fingerprint density at radius 3 is 2.76 bits per heavy atom. The smallest absolute Gasteiger partial charge is 0.151 e. The highest BCUT2D eigenvalue weighted by Gasteiger charge is 2.33. The van der Waals surface area contributed by atoms with Gasteiger partial charge in [-0.05, 0) is 31.7 Å². The molecule has 2 rings (SSSR count). The molecule has 2 aliphatic heterocycles. The second-order valence-corrected chi connectivity index (χ2v) is 7.75. The molecule has 3 unspecified atom stereocenters. The number of piperidine rings is 1. The molecule has 0 saturated carbocycles. The van der Waals surface area contributed by atoms with Gasteiger partial charge in [0, 0.05) is 18.6 Å². The molecule has 2 saturated heterocycles. The van der Waals surface area contributed by atoms with Crippen molar-refractivity contribution < 1.29 is 8.42 Å². The van der Waals surface area contributed by atoms with Gasteiger partial charge in [-0.3, -0.25) is 4.90 Å². The number of rotatable bonds is 2. The molecule has 2 heterocycles. The zero-order valence-electron chi connectivity index (χ0n) is 10.6. The first-order valence-corrected chi connectivity index (χ1v) is 8.54. The molecule has 3 atom stereocenters. The van der Waals surface area contributed by atoms with E-state index < -0.39 is 9.84 Å². The van der Waals surface area contributed by atoms with E-state index >= 15 is 0 Å². The second kappa shape index (κ2) is 5.24. The van der Waals surface area contributed by atoms with Crippen LogP contribution in [0.3, 0.4) is 0 Å². The topological polar surface area (TPSA) is 63.4 Å². The molecule has 0 aromatic rings. The maximum absolute atomic E-state index is 11.7. The van der Waals surface area contributed by atoms with E-state index in [4.69, 9.17) is 5.73 Å². The largest absolute Gasteiger partial charge is 0.327 e. The molecule has 17 heavy (non-hydrogen) atoms. The monoisotopic (exact) mass is 260 g/mol. The Morgan fingerprint density at radius 2 is 2.12 bits per heavy atom. The molecule has 0 amide bonds. The second-order valence-electron chi connectivity index (χ2n) is 5.53. The fourth-order valence-electron chi connectivity index (χ4n) is 3.13. The highest BCUT2D eigenvalue weighted by Crippen LogP contribution is 2.25. The van der Waals surface area contributed by atoms with Crippen LogP contribution in [0.1, 0.15) is 32.6 Å². The minimum absolute atomic E-state index is 0.246. The summed E-state index contributed by atoms with van der Waals surface area (Å²) in [5, 5.41) is 0. The fraction of sp³-hybridized carbons (Fsp3) is 1.00. The van der Waals surface area contributed by atoms with Gasteiger partial charge in [-0.15, -0.1) is 0 Å². The van der Waals surface area contributed by atoms with Gasteiger partial charge in [-0.2, -0.15) is 0 Å². The van der Waals surface area contributed by atoms with Gasteiger partial charge in [0.25, 0.3) is 0 Å². The van der Waals surface area contributed by atoms with Gasteiger partial charge in [0.05, 0.1) is 11.5 Å². The predicted octanol–water partition coefficient (Wildman–Crippen LogP) is 0.623. The molecular formula is C12H24N2O2S. The Bertz CT molecular complexity index is 356. The number of hydrogen-bond acceptors (Lipinski definition) is 4. The van der Waals surface area contributed by atoms with Crippen molar-refractivity contribution >= 4 is 9.84 Å². The molecule has 0 aromatic carbocycles. The summed E-state index contributed by atoms with van der Waals surface area (Å²) in [6, 6.07) is 0.548. The number of sulfone groups is 1. The summed E-state index contributed by atoms with van der Waals surface area (Å²) in [4.78, 5) is 2.37. The molecule has 100 valence electrons. The van der Waals surface area contributed by atoms with Crippen LogP contribution in [0.5, 0.6) is 0 Å². The lowest BCUT2D eigenvalue weighted by atomic mass is 9.89. The molecular weight excluding hydrogens is 236 g/mol. The predicted molar refractivity (Wildman–Crippen MR) is 69.6 cm³/mol. The number of nitrogens with two attached hydrogens (primary N) is 1. The average Bonchev–Trinajstić information content (AvgIpc) is 2.28. The van der Waals surface area contributed by atoms with Gasteiger partial charge in [-0.1, -0.05) is 13.3 Å². The summed E-state index contributed by atoms with van der Waals surface area (Å²) in [6.45, 7) is 4.13. The van der Waals surface area contributed by atoms with Crippen molar-refractivity contribution in [2.24, 2.45) is 11.7 Å². The van der Waals surface area contributed by atoms with Crippen LogP contribution >= 0.6 is 0 Å². The fourth-order valence-corrected chi connectivity index (χ4v) is 4.87. The van der Waals surface area contributed by atoms with Crippen LogP contribution in [0.2, 0.25) is 0 Å². The van der Waals surface area contributed by atoms with E-state index in [2.05, 4.69) is 11.8 Å². The Morgan fingerprint density at radius 1 is 1.35 bits per heavy atom. The van der Waals surface area contributed by atoms with Gasteiger partial charge in [0.2, 0.25) is 0 Å². The summed E-state index contributed by atoms with van der Waals surface area (Å²) in [7, 11) is -2.79. The number of nitrogens with zero attached hydrogens (tertiary/aromatic N) is 1. The standard InChI is InChI=1S/C12H24N2O2S/c1-2-10-8-14(6-5-12(10)13)11-4-3-7-17(15,16)9-11/h10-12H,2-9,13H2,1H3. The maximum Gasteiger partial charge on any atom is 0.151 e. The molecule has 0 aromatic heterocycles. The van der Waals surface area contributed by atoms with Crippen molar-refractivity contribution in [1.29, 1.82) is 0 Å². The molecule has 0 aliphatic carbocycles. The summed E-state index contributed by atoms with van der Waals surface area (Å²) in [6.07, 6.45) is 3.96. The molecule has 5 heteroatoms. The van der Waals surface area contributed by atoms with Crippen LogP contribution in [0.25, 0.3) is 0 Å². The van der Waals surface area contributed by atoms with Crippen LogP contribution in [-0.2, 0) is 9.84 Å². The lowest BCUT2D eigenvalue weighted by Crippen LogP contribution is -2.53. The van der Waals surface area contributed by atoms with Crippen LogP contribution in [0.15, 0.2) is 0 Å². The molecule has 0 spiro atoms.